The molecule has 0 aromatic heterocycles. The first-order chi connectivity index (χ1) is 16.5. The smallest absolute Gasteiger partial charge is 0.344 e. The molecule has 2 saturated carbocycles. The van der Waals surface area contributed by atoms with Crippen LogP contribution in [0.3, 0.4) is 0 Å². The molecular weight excluding hydrogens is 448 g/mol. The highest BCUT2D eigenvalue weighted by Gasteiger charge is 2.39. The Morgan fingerprint density at radius 3 is 2.35 bits per heavy atom. The molecule has 184 valence electrons. The molecule has 1 saturated heterocycles. The van der Waals surface area contributed by atoms with E-state index in [1.807, 2.05) is 49.1 Å². The number of aliphatic imine (C=N–C) groups is 1. The summed E-state index contributed by atoms with van der Waals surface area (Å²) in [5.74, 6) is 0.293. The average molecular weight is 485 g/mol. The zero-order valence-corrected chi connectivity index (χ0v) is 21.1. The quantitative estimate of drug-likeness (QED) is 0.353. The van der Waals surface area contributed by atoms with E-state index in [0.717, 1.165) is 41.3 Å². The molecule has 1 aromatic rings. The Bertz CT molecular complexity index is 913. The van der Waals surface area contributed by atoms with Crippen LogP contribution in [0.15, 0.2) is 34.2 Å². The normalized spacial score (nSPS) is 22.7. The van der Waals surface area contributed by atoms with E-state index in [1.54, 1.807) is 0 Å². The molecule has 2 aliphatic carbocycles. The van der Waals surface area contributed by atoms with Crippen molar-refractivity contribution < 1.29 is 19.1 Å². The van der Waals surface area contributed by atoms with Gasteiger partial charge in [-0.05, 0) is 75.1 Å². The molecular formula is C27H36N2O4S. The number of thioether (sulfide) groups is 1. The molecule has 1 heterocycles. The van der Waals surface area contributed by atoms with Crippen molar-refractivity contribution in [2.24, 2.45) is 4.99 Å². The summed E-state index contributed by atoms with van der Waals surface area (Å²) >= 11 is 1.53. The Kier molecular flexibility index (Phi) is 8.70. The summed E-state index contributed by atoms with van der Waals surface area (Å²) in [6.07, 6.45) is 13.5. The second kappa shape index (κ2) is 11.9. The molecule has 0 spiro atoms. The predicted molar refractivity (Wildman–Crippen MR) is 137 cm³/mol. The number of carbonyl (C=O) groups is 2. The number of ether oxygens (including phenoxy) is 2. The SMILES string of the molecule is CC(C)OC(=O)COc1ccc(/C=C2\SC(=NC3CCCCC3)N(C3CCCCC3)C2=O)cc1. The Morgan fingerprint density at radius 1 is 1.06 bits per heavy atom. The molecule has 3 aliphatic rings. The standard InChI is InChI=1S/C27H36N2O4S/c1-19(2)33-25(30)18-32-23-15-13-20(14-16-23)17-24-26(31)29(22-11-7-4-8-12-22)27(34-24)28-21-9-5-3-6-10-21/h13-17,19,21-22H,3-12,18H2,1-2H3/b24-17-,28-27?. The highest BCUT2D eigenvalue weighted by molar-refractivity contribution is 8.18. The second-order valence-electron chi connectivity index (χ2n) is 9.68. The lowest BCUT2D eigenvalue weighted by Gasteiger charge is -2.31. The fourth-order valence-corrected chi connectivity index (χ4v) is 5.96. The maximum absolute atomic E-state index is 13.5. The summed E-state index contributed by atoms with van der Waals surface area (Å²) in [5.41, 5.74) is 0.926. The summed E-state index contributed by atoms with van der Waals surface area (Å²) < 4.78 is 10.6. The fraction of sp³-hybridized carbons (Fsp3) is 0.593. The molecule has 0 radical (unpaired) electrons. The molecule has 1 aromatic carbocycles. The van der Waals surface area contributed by atoms with Gasteiger partial charge in [0.05, 0.1) is 17.1 Å². The van der Waals surface area contributed by atoms with E-state index in [9.17, 15) is 9.59 Å². The summed E-state index contributed by atoms with van der Waals surface area (Å²) in [7, 11) is 0. The van der Waals surface area contributed by atoms with Crippen LogP contribution in [-0.2, 0) is 14.3 Å². The number of amides is 1. The van der Waals surface area contributed by atoms with Crippen LogP contribution in [-0.4, -0.2) is 46.7 Å². The zero-order valence-electron chi connectivity index (χ0n) is 20.3. The molecule has 0 atom stereocenters. The third-order valence-electron chi connectivity index (χ3n) is 6.55. The van der Waals surface area contributed by atoms with Gasteiger partial charge in [0.1, 0.15) is 5.75 Å². The Labute approximate surface area is 207 Å². The van der Waals surface area contributed by atoms with Crippen molar-refractivity contribution in [2.75, 3.05) is 6.61 Å². The summed E-state index contributed by atoms with van der Waals surface area (Å²) in [6, 6.07) is 8.05. The number of carbonyl (C=O) groups excluding carboxylic acids is 2. The minimum Gasteiger partial charge on any atom is -0.482 e. The molecule has 1 aliphatic heterocycles. The van der Waals surface area contributed by atoms with E-state index in [-0.39, 0.29) is 30.6 Å². The zero-order chi connectivity index (χ0) is 23.9. The summed E-state index contributed by atoms with van der Waals surface area (Å²) in [6.45, 7) is 3.50. The van der Waals surface area contributed by atoms with Crippen molar-refractivity contribution in [1.29, 1.82) is 0 Å². The molecule has 6 nitrogen and oxygen atoms in total. The van der Waals surface area contributed by atoms with Gasteiger partial charge in [-0.25, -0.2) is 4.79 Å². The van der Waals surface area contributed by atoms with E-state index in [4.69, 9.17) is 14.5 Å². The number of hydrogen-bond donors (Lipinski definition) is 0. The van der Waals surface area contributed by atoms with Crippen LogP contribution in [0.2, 0.25) is 0 Å². The third-order valence-corrected chi connectivity index (χ3v) is 7.54. The monoisotopic (exact) mass is 484 g/mol. The molecule has 3 fully saturated rings. The lowest BCUT2D eigenvalue weighted by Crippen LogP contribution is -2.41. The first-order valence-electron chi connectivity index (χ1n) is 12.7. The van der Waals surface area contributed by atoms with Crippen LogP contribution in [0.1, 0.15) is 83.6 Å². The van der Waals surface area contributed by atoms with E-state index < -0.39 is 0 Å². The number of rotatable bonds is 7. The lowest BCUT2D eigenvalue weighted by atomic mass is 9.94. The number of hydrogen-bond acceptors (Lipinski definition) is 6. The Balaban J connectivity index is 1.47. The molecule has 0 unspecified atom stereocenters. The molecule has 7 heteroatoms. The highest BCUT2D eigenvalue weighted by Crippen LogP contribution is 2.38. The van der Waals surface area contributed by atoms with Crippen LogP contribution in [0.4, 0.5) is 0 Å². The van der Waals surface area contributed by atoms with Crippen LogP contribution in [0.5, 0.6) is 5.75 Å². The third kappa shape index (κ3) is 6.65. The second-order valence-corrected chi connectivity index (χ2v) is 10.7. The maximum atomic E-state index is 13.5. The minimum absolute atomic E-state index is 0.0863. The van der Waals surface area contributed by atoms with E-state index in [1.165, 1.54) is 50.3 Å². The van der Waals surface area contributed by atoms with Crippen molar-refractivity contribution in [3.8, 4) is 5.75 Å². The van der Waals surface area contributed by atoms with E-state index in [0.29, 0.717) is 11.8 Å². The number of nitrogens with zero attached hydrogens (tertiary/aromatic N) is 2. The Hall–Kier alpha value is -2.28. The predicted octanol–water partition coefficient (Wildman–Crippen LogP) is 5.95. The maximum Gasteiger partial charge on any atom is 0.344 e. The van der Waals surface area contributed by atoms with Crippen molar-refractivity contribution in [3.63, 3.8) is 0 Å². The molecule has 4 rings (SSSR count). The largest absolute Gasteiger partial charge is 0.482 e. The topological polar surface area (TPSA) is 68.2 Å². The van der Waals surface area contributed by atoms with Gasteiger partial charge in [-0.2, -0.15) is 0 Å². The van der Waals surface area contributed by atoms with Crippen LogP contribution in [0, 0.1) is 0 Å². The minimum atomic E-state index is -0.387. The first-order valence-corrected chi connectivity index (χ1v) is 13.5. The van der Waals surface area contributed by atoms with Gasteiger partial charge in [0.25, 0.3) is 5.91 Å². The van der Waals surface area contributed by atoms with Crippen molar-refractivity contribution in [2.45, 2.75) is 96.2 Å². The van der Waals surface area contributed by atoms with Gasteiger partial charge in [-0.15, -0.1) is 0 Å². The van der Waals surface area contributed by atoms with Gasteiger partial charge in [-0.1, -0.05) is 50.7 Å². The van der Waals surface area contributed by atoms with E-state index in [2.05, 4.69) is 0 Å². The van der Waals surface area contributed by atoms with Gasteiger partial charge in [0, 0.05) is 6.04 Å². The fourth-order valence-electron chi connectivity index (χ4n) is 4.85. The number of amidine groups is 1. The van der Waals surface area contributed by atoms with E-state index >= 15 is 0 Å². The average Bonchev–Trinajstić information content (AvgIpc) is 3.13. The van der Waals surface area contributed by atoms with Crippen molar-refractivity contribution >= 4 is 34.9 Å². The molecule has 0 bridgehead atoms. The lowest BCUT2D eigenvalue weighted by molar-refractivity contribution is -0.149. The summed E-state index contributed by atoms with van der Waals surface area (Å²) in [5, 5.41) is 0.902. The molecule has 34 heavy (non-hydrogen) atoms. The summed E-state index contributed by atoms with van der Waals surface area (Å²) in [4.78, 5) is 33.0. The Morgan fingerprint density at radius 2 is 1.71 bits per heavy atom. The van der Waals surface area contributed by atoms with Gasteiger partial charge < -0.3 is 9.47 Å². The van der Waals surface area contributed by atoms with Crippen molar-refractivity contribution in [3.05, 3.63) is 34.7 Å². The van der Waals surface area contributed by atoms with Gasteiger partial charge in [0.15, 0.2) is 11.8 Å². The van der Waals surface area contributed by atoms with Crippen LogP contribution < -0.4 is 4.74 Å². The van der Waals surface area contributed by atoms with Crippen molar-refractivity contribution in [1.82, 2.24) is 4.90 Å². The molecule has 1 amide bonds. The van der Waals surface area contributed by atoms with Gasteiger partial charge in [0.2, 0.25) is 0 Å². The molecule has 0 N–H and O–H groups in total. The number of benzene rings is 1. The van der Waals surface area contributed by atoms with Crippen LogP contribution >= 0.6 is 11.8 Å². The first kappa shape index (κ1) is 24.8. The van der Waals surface area contributed by atoms with Gasteiger partial charge >= 0.3 is 5.97 Å². The van der Waals surface area contributed by atoms with Crippen LogP contribution in [0.25, 0.3) is 6.08 Å². The van der Waals surface area contributed by atoms with Gasteiger partial charge in [-0.3, -0.25) is 14.7 Å². The highest BCUT2D eigenvalue weighted by atomic mass is 32.2. The number of esters is 1.